The Hall–Kier alpha value is -2.09. The summed E-state index contributed by atoms with van der Waals surface area (Å²) in [6.45, 7) is 3.29. The van der Waals surface area contributed by atoms with Crippen molar-refractivity contribution < 1.29 is 13.2 Å². The number of anilines is 1. The zero-order valence-electron chi connectivity index (χ0n) is 15.0. The maximum absolute atomic E-state index is 12.2. The molecule has 0 aliphatic rings. The molecule has 0 aliphatic carbocycles. The van der Waals surface area contributed by atoms with E-state index in [1.807, 2.05) is 13.0 Å². The van der Waals surface area contributed by atoms with Crippen LogP contribution >= 0.6 is 23.2 Å². The first-order valence-corrected chi connectivity index (χ1v) is 10.5. The van der Waals surface area contributed by atoms with Gasteiger partial charge in [-0.05, 0) is 43.2 Å². The number of carbonyl (C=O) groups is 1. The van der Waals surface area contributed by atoms with Crippen LogP contribution in [0, 0.1) is 13.8 Å². The lowest BCUT2D eigenvalue weighted by Crippen LogP contribution is -2.39. The average Bonchev–Trinajstić information content (AvgIpc) is 2.56. The first kappa shape index (κ1) is 21.2. The smallest absolute Gasteiger partial charge is 0.260 e. The number of sulfonamides is 1. The predicted molar refractivity (Wildman–Crippen MR) is 110 cm³/mol. The van der Waals surface area contributed by atoms with Crippen molar-refractivity contribution in [2.75, 3.05) is 17.1 Å². The maximum atomic E-state index is 12.2. The second-order valence-electron chi connectivity index (χ2n) is 5.95. The molecular formula is C18H19Cl2N3O3S. The Balaban J connectivity index is 2.15. The molecule has 0 atom stereocenters. The monoisotopic (exact) mass is 427 g/mol. The average molecular weight is 428 g/mol. The molecule has 2 rings (SSSR count). The van der Waals surface area contributed by atoms with Gasteiger partial charge in [0.2, 0.25) is 10.0 Å². The summed E-state index contributed by atoms with van der Waals surface area (Å²) < 4.78 is 25.4. The molecule has 27 heavy (non-hydrogen) atoms. The second-order valence-corrected chi connectivity index (χ2v) is 8.70. The van der Waals surface area contributed by atoms with Gasteiger partial charge in [0.1, 0.15) is 6.54 Å². The van der Waals surface area contributed by atoms with Crippen molar-refractivity contribution in [1.29, 1.82) is 0 Å². The lowest BCUT2D eigenvalue weighted by atomic mass is 10.1. The molecule has 0 heterocycles. The van der Waals surface area contributed by atoms with Gasteiger partial charge in [0.15, 0.2) is 0 Å². The van der Waals surface area contributed by atoms with Crippen molar-refractivity contribution in [3.05, 3.63) is 63.1 Å². The van der Waals surface area contributed by atoms with Gasteiger partial charge in [-0.3, -0.25) is 9.10 Å². The van der Waals surface area contributed by atoms with E-state index in [9.17, 15) is 13.2 Å². The van der Waals surface area contributed by atoms with Crippen LogP contribution in [-0.2, 0) is 14.8 Å². The number of hydrogen-bond donors (Lipinski definition) is 1. The number of benzene rings is 2. The van der Waals surface area contributed by atoms with E-state index in [1.54, 1.807) is 37.3 Å². The quantitative estimate of drug-likeness (QED) is 0.565. The third-order valence-electron chi connectivity index (χ3n) is 3.89. The first-order chi connectivity index (χ1) is 12.6. The molecule has 0 bridgehead atoms. The van der Waals surface area contributed by atoms with Gasteiger partial charge >= 0.3 is 0 Å². The zero-order chi connectivity index (χ0) is 20.2. The highest BCUT2D eigenvalue weighted by atomic mass is 35.5. The summed E-state index contributed by atoms with van der Waals surface area (Å²) in [4.78, 5) is 12.2. The molecule has 9 heteroatoms. The SMILES string of the molecule is Cc1cccc(N(CC(=O)N/N=C\c2ccc(Cl)cc2Cl)S(C)(=O)=O)c1C. The summed E-state index contributed by atoms with van der Waals surface area (Å²) in [7, 11) is -3.66. The fourth-order valence-corrected chi connectivity index (χ4v) is 3.70. The third-order valence-corrected chi connectivity index (χ3v) is 5.58. The van der Waals surface area contributed by atoms with Gasteiger partial charge < -0.3 is 0 Å². The van der Waals surface area contributed by atoms with Crippen LogP contribution in [0.3, 0.4) is 0 Å². The molecule has 0 aromatic heterocycles. The van der Waals surface area contributed by atoms with Gasteiger partial charge in [-0.25, -0.2) is 13.8 Å². The van der Waals surface area contributed by atoms with Gasteiger partial charge in [-0.2, -0.15) is 5.10 Å². The van der Waals surface area contributed by atoms with E-state index < -0.39 is 22.5 Å². The number of aryl methyl sites for hydroxylation is 1. The molecule has 0 fully saturated rings. The Morgan fingerprint density at radius 3 is 2.56 bits per heavy atom. The molecule has 2 aromatic carbocycles. The van der Waals surface area contributed by atoms with Crippen molar-refractivity contribution in [3.8, 4) is 0 Å². The molecule has 0 saturated carbocycles. The van der Waals surface area contributed by atoms with Crippen molar-refractivity contribution in [3.63, 3.8) is 0 Å². The van der Waals surface area contributed by atoms with Crippen LogP contribution in [0.4, 0.5) is 5.69 Å². The lowest BCUT2D eigenvalue weighted by molar-refractivity contribution is -0.119. The van der Waals surface area contributed by atoms with E-state index in [0.29, 0.717) is 21.3 Å². The van der Waals surface area contributed by atoms with Crippen LogP contribution in [0.5, 0.6) is 0 Å². The van der Waals surface area contributed by atoms with Gasteiger partial charge in [0, 0.05) is 10.6 Å². The number of carbonyl (C=O) groups excluding carboxylic acids is 1. The van der Waals surface area contributed by atoms with Crippen molar-refractivity contribution in [2.45, 2.75) is 13.8 Å². The van der Waals surface area contributed by atoms with Gasteiger partial charge in [0.25, 0.3) is 5.91 Å². The summed E-state index contributed by atoms with van der Waals surface area (Å²) in [5, 5.41) is 4.69. The molecule has 1 amide bonds. The fourth-order valence-electron chi connectivity index (χ4n) is 2.33. The van der Waals surface area contributed by atoms with Crippen LogP contribution in [-0.4, -0.2) is 33.3 Å². The van der Waals surface area contributed by atoms with Crippen LogP contribution in [0.2, 0.25) is 10.0 Å². The zero-order valence-corrected chi connectivity index (χ0v) is 17.4. The maximum Gasteiger partial charge on any atom is 0.260 e. The summed E-state index contributed by atoms with van der Waals surface area (Å²) in [5.41, 5.74) is 5.05. The van der Waals surface area contributed by atoms with Crippen LogP contribution < -0.4 is 9.73 Å². The third kappa shape index (κ3) is 5.69. The van der Waals surface area contributed by atoms with E-state index in [2.05, 4.69) is 10.5 Å². The number of hydrogen-bond acceptors (Lipinski definition) is 4. The standard InChI is InChI=1S/C18H19Cl2N3O3S/c1-12-5-4-6-17(13(12)2)23(27(3,25)26)11-18(24)22-21-10-14-7-8-15(19)9-16(14)20/h4-10H,11H2,1-3H3,(H,22,24)/b21-10-. The molecule has 0 saturated heterocycles. The largest absolute Gasteiger partial charge is 0.271 e. The minimum atomic E-state index is -3.66. The van der Waals surface area contributed by atoms with Crippen molar-refractivity contribution >= 4 is 51.0 Å². The highest BCUT2D eigenvalue weighted by Crippen LogP contribution is 2.24. The number of halogens is 2. The van der Waals surface area contributed by atoms with Crippen molar-refractivity contribution in [2.24, 2.45) is 5.10 Å². The van der Waals surface area contributed by atoms with E-state index in [0.717, 1.165) is 21.7 Å². The van der Waals surface area contributed by atoms with Gasteiger partial charge in [-0.1, -0.05) is 41.4 Å². The molecule has 0 aliphatic heterocycles. The Morgan fingerprint density at radius 2 is 1.93 bits per heavy atom. The van der Waals surface area contributed by atoms with E-state index in [4.69, 9.17) is 23.2 Å². The molecule has 0 spiro atoms. The molecule has 6 nitrogen and oxygen atoms in total. The molecule has 0 unspecified atom stereocenters. The summed E-state index contributed by atoms with van der Waals surface area (Å²) in [5.74, 6) is -0.581. The topological polar surface area (TPSA) is 78.8 Å². The number of rotatable bonds is 6. The Kier molecular flexibility index (Phi) is 6.86. The molecule has 2 aromatic rings. The fraction of sp³-hybridized carbons (Fsp3) is 0.222. The van der Waals surface area contributed by atoms with Crippen molar-refractivity contribution in [1.82, 2.24) is 5.43 Å². The summed E-state index contributed by atoms with van der Waals surface area (Å²) in [6, 6.07) is 10.1. The van der Waals surface area contributed by atoms with E-state index in [1.165, 1.54) is 6.21 Å². The highest BCUT2D eigenvalue weighted by Gasteiger charge is 2.22. The number of nitrogens with zero attached hydrogens (tertiary/aromatic N) is 2. The van der Waals surface area contributed by atoms with Gasteiger partial charge in [-0.15, -0.1) is 0 Å². The first-order valence-electron chi connectivity index (χ1n) is 7.90. The summed E-state index contributed by atoms with van der Waals surface area (Å²) in [6.07, 6.45) is 2.41. The van der Waals surface area contributed by atoms with E-state index >= 15 is 0 Å². The van der Waals surface area contributed by atoms with E-state index in [-0.39, 0.29) is 0 Å². The normalized spacial score (nSPS) is 11.6. The van der Waals surface area contributed by atoms with Gasteiger partial charge in [0.05, 0.1) is 23.2 Å². The van der Waals surface area contributed by atoms with Crippen LogP contribution in [0.15, 0.2) is 41.5 Å². The lowest BCUT2D eigenvalue weighted by Gasteiger charge is -2.23. The molecule has 1 N–H and O–H groups in total. The number of nitrogens with one attached hydrogen (secondary N) is 1. The predicted octanol–water partition coefficient (Wildman–Crippen LogP) is 3.53. The minimum Gasteiger partial charge on any atom is -0.271 e. The Labute approximate surface area is 168 Å². The van der Waals surface area contributed by atoms with Crippen LogP contribution in [0.1, 0.15) is 16.7 Å². The number of amides is 1. The number of hydrazone groups is 1. The second kappa shape index (κ2) is 8.73. The molecule has 0 radical (unpaired) electrons. The Bertz CT molecular complexity index is 991. The summed E-state index contributed by atoms with van der Waals surface area (Å²) >= 11 is 11.8. The highest BCUT2D eigenvalue weighted by molar-refractivity contribution is 7.92. The minimum absolute atomic E-state index is 0.383. The van der Waals surface area contributed by atoms with Crippen LogP contribution in [0.25, 0.3) is 0 Å². The molecule has 144 valence electrons. The Morgan fingerprint density at radius 1 is 1.22 bits per heavy atom. The molecular weight excluding hydrogens is 409 g/mol.